The van der Waals surface area contributed by atoms with Gasteiger partial charge in [-0.3, -0.25) is 4.79 Å². The lowest BCUT2D eigenvalue weighted by Gasteiger charge is -2.09. The van der Waals surface area contributed by atoms with Crippen LogP contribution in [0, 0.1) is 18.7 Å². The quantitative estimate of drug-likeness (QED) is 0.648. The minimum Gasteiger partial charge on any atom is -0.383 e. The van der Waals surface area contributed by atoms with Crippen molar-refractivity contribution in [3.63, 3.8) is 0 Å². The molecule has 0 aliphatic rings. The molecule has 0 atom stereocenters. The van der Waals surface area contributed by atoms with Gasteiger partial charge in [0.25, 0.3) is 5.56 Å². The predicted molar refractivity (Wildman–Crippen MR) is 84.6 cm³/mol. The number of halogens is 3. The van der Waals surface area contributed by atoms with Crippen molar-refractivity contribution in [1.29, 1.82) is 0 Å². The summed E-state index contributed by atoms with van der Waals surface area (Å²) in [4.78, 5) is 18.0. The lowest BCUT2D eigenvalue weighted by atomic mass is 10.0. The molecule has 3 rings (SSSR count). The van der Waals surface area contributed by atoms with E-state index in [1.807, 2.05) is 0 Å². The number of anilines is 1. The number of aryl methyl sites for hydroxylation is 1. The van der Waals surface area contributed by atoms with Gasteiger partial charge in [-0.25, -0.2) is 9.37 Å². The maximum absolute atomic E-state index is 14.4. The van der Waals surface area contributed by atoms with E-state index < -0.39 is 11.8 Å². The minimum absolute atomic E-state index is 0.0817. The average molecular weight is 366 g/mol. The van der Waals surface area contributed by atoms with Crippen LogP contribution < -0.4 is 11.3 Å². The Labute approximate surface area is 132 Å². The third kappa shape index (κ3) is 2.37. The SMILES string of the molecule is Cc1cc2cc(-c3cc(Br)c(F)nc3N)c(F)cc2c(=O)[nH]1. The van der Waals surface area contributed by atoms with E-state index in [4.69, 9.17) is 5.73 Å². The summed E-state index contributed by atoms with van der Waals surface area (Å²) in [5.74, 6) is -1.52. The first-order valence-electron chi connectivity index (χ1n) is 6.32. The molecule has 112 valence electrons. The Bertz CT molecular complexity index is 969. The molecule has 2 aromatic heterocycles. The number of rotatable bonds is 1. The Morgan fingerprint density at radius 2 is 1.91 bits per heavy atom. The van der Waals surface area contributed by atoms with Crippen LogP contribution in [0.25, 0.3) is 21.9 Å². The van der Waals surface area contributed by atoms with Crippen LogP contribution in [0.4, 0.5) is 14.6 Å². The summed E-state index contributed by atoms with van der Waals surface area (Å²) in [5, 5.41) is 0.803. The zero-order valence-electron chi connectivity index (χ0n) is 11.4. The van der Waals surface area contributed by atoms with Crippen LogP contribution in [0.1, 0.15) is 5.69 Å². The summed E-state index contributed by atoms with van der Waals surface area (Å²) >= 11 is 3.00. The van der Waals surface area contributed by atoms with Gasteiger partial charge in [0.2, 0.25) is 5.95 Å². The molecule has 0 spiro atoms. The fourth-order valence-electron chi connectivity index (χ4n) is 2.32. The Morgan fingerprint density at radius 1 is 1.18 bits per heavy atom. The standard InChI is InChI=1S/C15H10BrF2N3O/c1-6-2-7-3-9(12(17)5-8(7)15(22)20-6)10-4-11(16)13(18)21-14(10)19/h2-5H,1H3,(H2,19,21)(H,20,22). The highest BCUT2D eigenvalue weighted by Crippen LogP contribution is 2.32. The molecule has 3 N–H and O–H groups in total. The lowest BCUT2D eigenvalue weighted by Crippen LogP contribution is -2.08. The molecule has 0 fully saturated rings. The van der Waals surface area contributed by atoms with Crippen molar-refractivity contribution in [3.8, 4) is 11.1 Å². The summed E-state index contributed by atoms with van der Waals surface area (Å²) in [5.41, 5.74) is 6.38. The molecule has 1 aromatic carbocycles. The van der Waals surface area contributed by atoms with E-state index in [9.17, 15) is 13.6 Å². The first kappa shape index (κ1) is 14.6. The minimum atomic E-state index is -0.769. The van der Waals surface area contributed by atoms with Crippen LogP contribution in [0.5, 0.6) is 0 Å². The lowest BCUT2D eigenvalue weighted by molar-refractivity contribution is 0.579. The number of aromatic amines is 1. The number of benzene rings is 1. The molecule has 0 saturated carbocycles. The zero-order valence-corrected chi connectivity index (χ0v) is 13.0. The van der Waals surface area contributed by atoms with E-state index in [-0.39, 0.29) is 32.4 Å². The molecule has 0 unspecified atom stereocenters. The van der Waals surface area contributed by atoms with E-state index in [0.29, 0.717) is 11.1 Å². The number of nitrogens with one attached hydrogen (secondary N) is 1. The number of nitrogens with two attached hydrogens (primary N) is 1. The number of aromatic nitrogens is 2. The second kappa shape index (κ2) is 5.17. The third-order valence-corrected chi connectivity index (χ3v) is 3.88. The molecular formula is C15H10BrF2N3O. The van der Waals surface area contributed by atoms with Crippen molar-refractivity contribution < 1.29 is 8.78 Å². The Hall–Kier alpha value is -2.28. The molecule has 22 heavy (non-hydrogen) atoms. The van der Waals surface area contributed by atoms with Crippen molar-refractivity contribution >= 4 is 32.5 Å². The maximum atomic E-state index is 14.4. The van der Waals surface area contributed by atoms with Gasteiger partial charge in [-0.05, 0) is 52.5 Å². The van der Waals surface area contributed by atoms with E-state index in [2.05, 4.69) is 25.9 Å². The Balaban J connectivity index is 2.34. The number of fused-ring (bicyclic) bond motifs is 1. The van der Waals surface area contributed by atoms with Crippen LogP contribution in [0.15, 0.2) is 33.5 Å². The van der Waals surface area contributed by atoms with Crippen molar-refractivity contribution in [2.75, 3.05) is 5.73 Å². The first-order valence-corrected chi connectivity index (χ1v) is 7.11. The number of hydrogen-bond donors (Lipinski definition) is 2. The number of pyridine rings is 2. The third-order valence-electron chi connectivity index (χ3n) is 3.32. The second-order valence-corrected chi connectivity index (χ2v) is 5.75. The van der Waals surface area contributed by atoms with Gasteiger partial charge < -0.3 is 10.7 Å². The summed E-state index contributed by atoms with van der Waals surface area (Å²) in [6.45, 7) is 1.73. The van der Waals surface area contributed by atoms with Crippen molar-refractivity contribution in [2.24, 2.45) is 0 Å². The van der Waals surface area contributed by atoms with Crippen molar-refractivity contribution in [2.45, 2.75) is 6.92 Å². The van der Waals surface area contributed by atoms with E-state index in [1.54, 1.807) is 13.0 Å². The van der Waals surface area contributed by atoms with Gasteiger partial charge in [0, 0.05) is 22.2 Å². The monoisotopic (exact) mass is 365 g/mol. The highest BCUT2D eigenvalue weighted by atomic mass is 79.9. The van der Waals surface area contributed by atoms with Crippen LogP contribution in [0.2, 0.25) is 0 Å². The molecule has 2 heterocycles. The molecule has 0 radical (unpaired) electrons. The fourth-order valence-corrected chi connectivity index (χ4v) is 2.64. The largest absolute Gasteiger partial charge is 0.383 e. The number of nitrogens with zero attached hydrogens (tertiary/aromatic N) is 1. The van der Waals surface area contributed by atoms with E-state index in [1.165, 1.54) is 12.1 Å². The summed E-state index contributed by atoms with van der Waals surface area (Å²) in [6.07, 6.45) is 0. The average Bonchev–Trinajstić information content (AvgIpc) is 2.43. The maximum Gasteiger partial charge on any atom is 0.256 e. The zero-order chi connectivity index (χ0) is 16.0. The van der Waals surface area contributed by atoms with Gasteiger partial charge in [-0.15, -0.1) is 0 Å². The summed E-state index contributed by atoms with van der Waals surface area (Å²) < 4.78 is 27.8. The smallest absolute Gasteiger partial charge is 0.256 e. The predicted octanol–water partition coefficient (Wildman–Crippen LogP) is 3.52. The fraction of sp³-hybridized carbons (Fsp3) is 0.0667. The molecule has 4 nitrogen and oxygen atoms in total. The molecule has 0 aliphatic carbocycles. The summed E-state index contributed by atoms with van der Waals surface area (Å²) in [6, 6.07) is 5.73. The number of nitrogen functional groups attached to an aromatic ring is 1. The Morgan fingerprint density at radius 3 is 2.64 bits per heavy atom. The topological polar surface area (TPSA) is 71.8 Å². The van der Waals surface area contributed by atoms with Gasteiger partial charge >= 0.3 is 0 Å². The van der Waals surface area contributed by atoms with Crippen molar-refractivity contribution in [1.82, 2.24) is 9.97 Å². The van der Waals surface area contributed by atoms with Crippen LogP contribution in [-0.2, 0) is 0 Å². The molecule has 0 amide bonds. The van der Waals surface area contributed by atoms with E-state index in [0.717, 1.165) is 6.07 Å². The molecule has 7 heteroatoms. The normalized spacial score (nSPS) is 11.1. The van der Waals surface area contributed by atoms with E-state index >= 15 is 0 Å². The van der Waals surface area contributed by atoms with Gasteiger partial charge in [0.1, 0.15) is 11.6 Å². The summed E-state index contributed by atoms with van der Waals surface area (Å²) in [7, 11) is 0. The van der Waals surface area contributed by atoms with Gasteiger partial charge in [0.15, 0.2) is 0 Å². The van der Waals surface area contributed by atoms with Crippen LogP contribution >= 0.6 is 15.9 Å². The first-order chi connectivity index (χ1) is 10.4. The second-order valence-electron chi connectivity index (χ2n) is 4.89. The molecule has 0 aliphatic heterocycles. The van der Waals surface area contributed by atoms with Crippen LogP contribution in [0.3, 0.4) is 0 Å². The molecule has 0 saturated heterocycles. The highest BCUT2D eigenvalue weighted by molar-refractivity contribution is 9.10. The van der Waals surface area contributed by atoms with Gasteiger partial charge in [0.05, 0.1) is 4.47 Å². The van der Waals surface area contributed by atoms with Crippen molar-refractivity contribution in [3.05, 3.63) is 56.6 Å². The molecule has 3 aromatic rings. The number of H-pyrrole nitrogens is 1. The van der Waals surface area contributed by atoms with Gasteiger partial charge in [-0.2, -0.15) is 4.39 Å². The molecule has 0 bridgehead atoms. The Kier molecular flexibility index (Phi) is 3.44. The molecular weight excluding hydrogens is 356 g/mol. The highest BCUT2D eigenvalue weighted by Gasteiger charge is 2.15. The van der Waals surface area contributed by atoms with Crippen LogP contribution in [-0.4, -0.2) is 9.97 Å². The van der Waals surface area contributed by atoms with Gasteiger partial charge in [-0.1, -0.05) is 0 Å². The number of hydrogen-bond acceptors (Lipinski definition) is 3.